The fraction of sp³-hybridized carbons (Fsp3) is 0.625. The quantitative estimate of drug-likeness (QED) is 0.908. The normalized spacial score (nSPS) is 18.4. The standard InChI is InChI=1S/C16H26N2O.ClH/c1-3-19-16-6-4-14(5-7-16)12-18-10-8-15(9-11-18)13(2)17;/h4-7,13,15H,3,8-12,17H2,1-2H3;1H. The van der Waals surface area contributed by atoms with Gasteiger partial charge in [-0.3, -0.25) is 4.90 Å². The summed E-state index contributed by atoms with van der Waals surface area (Å²) >= 11 is 0. The lowest BCUT2D eigenvalue weighted by atomic mass is 9.91. The van der Waals surface area contributed by atoms with Crippen molar-refractivity contribution in [2.75, 3.05) is 19.7 Å². The summed E-state index contributed by atoms with van der Waals surface area (Å²) in [6, 6.07) is 8.81. The molecule has 1 fully saturated rings. The molecular formula is C16H27ClN2O. The van der Waals surface area contributed by atoms with E-state index < -0.39 is 0 Å². The van der Waals surface area contributed by atoms with Crippen molar-refractivity contribution in [3.8, 4) is 5.75 Å². The Morgan fingerprint density at radius 2 is 1.85 bits per heavy atom. The maximum Gasteiger partial charge on any atom is 0.119 e. The van der Waals surface area contributed by atoms with Gasteiger partial charge in [-0.15, -0.1) is 12.4 Å². The molecule has 0 radical (unpaired) electrons. The van der Waals surface area contributed by atoms with E-state index in [9.17, 15) is 0 Å². The number of benzene rings is 1. The molecule has 1 aliphatic heterocycles. The predicted molar refractivity (Wildman–Crippen MR) is 86.5 cm³/mol. The average molecular weight is 299 g/mol. The molecule has 20 heavy (non-hydrogen) atoms. The van der Waals surface area contributed by atoms with Crippen molar-refractivity contribution in [1.82, 2.24) is 4.90 Å². The predicted octanol–water partition coefficient (Wildman–Crippen LogP) is 3.07. The molecule has 0 amide bonds. The van der Waals surface area contributed by atoms with Gasteiger partial charge < -0.3 is 10.5 Å². The maximum absolute atomic E-state index is 5.98. The zero-order valence-electron chi connectivity index (χ0n) is 12.5. The van der Waals surface area contributed by atoms with E-state index in [2.05, 4.69) is 36.1 Å². The van der Waals surface area contributed by atoms with Gasteiger partial charge in [-0.1, -0.05) is 12.1 Å². The molecule has 4 heteroatoms. The lowest BCUT2D eigenvalue weighted by Crippen LogP contribution is -2.39. The second kappa shape index (κ2) is 8.50. The van der Waals surface area contributed by atoms with Crippen LogP contribution in [0.25, 0.3) is 0 Å². The highest BCUT2D eigenvalue weighted by atomic mass is 35.5. The number of likely N-dealkylation sites (tertiary alicyclic amines) is 1. The molecule has 1 atom stereocenters. The third kappa shape index (κ3) is 4.97. The topological polar surface area (TPSA) is 38.5 Å². The minimum Gasteiger partial charge on any atom is -0.494 e. The molecule has 1 aliphatic rings. The lowest BCUT2D eigenvalue weighted by Gasteiger charge is -2.33. The number of hydrogen-bond donors (Lipinski definition) is 1. The smallest absolute Gasteiger partial charge is 0.119 e. The Kier molecular flexibility index (Phi) is 7.35. The molecule has 0 bridgehead atoms. The van der Waals surface area contributed by atoms with E-state index in [0.29, 0.717) is 12.0 Å². The molecule has 0 saturated carbocycles. The van der Waals surface area contributed by atoms with Crippen LogP contribution in [0.2, 0.25) is 0 Å². The van der Waals surface area contributed by atoms with E-state index in [1.54, 1.807) is 0 Å². The van der Waals surface area contributed by atoms with Gasteiger partial charge in [0.2, 0.25) is 0 Å². The van der Waals surface area contributed by atoms with E-state index >= 15 is 0 Å². The first kappa shape index (κ1) is 17.3. The first-order chi connectivity index (χ1) is 9.19. The molecule has 2 N–H and O–H groups in total. The zero-order valence-corrected chi connectivity index (χ0v) is 13.4. The van der Waals surface area contributed by atoms with Gasteiger partial charge in [-0.25, -0.2) is 0 Å². The van der Waals surface area contributed by atoms with E-state index in [0.717, 1.165) is 18.9 Å². The van der Waals surface area contributed by atoms with Gasteiger partial charge in [-0.2, -0.15) is 0 Å². The third-order valence-corrected chi connectivity index (χ3v) is 4.02. The Morgan fingerprint density at radius 1 is 1.25 bits per heavy atom. The number of ether oxygens (including phenoxy) is 1. The van der Waals surface area contributed by atoms with Crippen LogP contribution in [0.4, 0.5) is 0 Å². The summed E-state index contributed by atoms with van der Waals surface area (Å²) in [6.45, 7) is 8.24. The van der Waals surface area contributed by atoms with Gasteiger partial charge in [0.1, 0.15) is 5.75 Å². The van der Waals surface area contributed by atoms with Crippen LogP contribution in [-0.4, -0.2) is 30.6 Å². The second-order valence-corrected chi connectivity index (χ2v) is 5.55. The van der Waals surface area contributed by atoms with Gasteiger partial charge in [0.05, 0.1) is 6.61 Å². The molecule has 3 nitrogen and oxygen atoms in total. The monoisotopic (exact) mass is 298 g/mol. The Balaban J connectivity index is 0.00000200. The van der Waals surface area contributed by atoms with E-state index in [1.807, 2.05) is 6.92 Å². The van der Waals surface area contributed by atoms with Gasteiger partial charge >= 0.3 is 0 Å². The summed E-state index contributed by atoms with van der Waals surface area (Å²) in [5.41, 5.74) is 7.34. The number of nitrogens with two attached hydrogens (primary N) is 1. The molecule has 1 heterocycles. The van der Waals surface area contributed by atoms with Crippen LogP contribution in [0.15, 0.2) is 24.3 Å². The van der Waals surface area contributed by atoms with E-state index in [1.165, 1.54) is 31.5 Å². The summed E-state index contributed by atoms with van der Waals surface area (Å²) in [5, 5.41) is 0. The van der Waals surface area contributed by atoms with Gasteiger partial charge in [0.15, 0.2) is 0 Å². The van der Waals surface area contributed by atoms with Crippen molar-refractivity contribution >= 4 is 12.4 Å². The Labute approximate surface area is 128 Å². The van der Waals surface area contributed by atoms with Crippen LogP contribution in [0.5, 0.6) is 5.75 Å². The number of hydrogen-bond acceptors (Lipinski definition) is 3. The maximum atomic E-state index is 5.98. The molecule has 0 aliphatic carbocycles. The number of piperidine rings is 1. The van der Waals surface area contributed by atoms with Crippen molar-refractivity contribution in [1.29, 1.82) is 0 Å². The van der Waals surface area contributed by atoms with Crippen LogP contribution in [0.1, 0.15) is 32.3 Å². The molecule has 1 saturated heterocycles. The first-order valence-corrected chi connectivity index (χ1v) is 7.38. The zero-order chi connectivity index (χ0) is 13.7. The number of halogens is 1. The summed E-state index contributed by atoms with van der Waals surface area (Å²) < 4.78 is 5.46. The Morgan fingerprint density at radius 3 is 2.35 bits per heavy atom. The third-order valence-electron chi connectivity index (χ3n) is 4.02. The summed E-state index contributed by atoms with van der Waals surface area (Å²) in [6.07, 6.45) is 2.46. The highest BCUT2D eigenvalue weighted by molar-refractivity contribution is 5.85. The fourth-order valence-corrected chi connectivity index (χ4v) is 2.75. The van der Waals surface area contributed by atoms with Crippen molar-refractivity contribution in [3.63, 3.8) is 0 Å². The molecular weight excluding hydrogens is 272 g/mol. The summed E-state index contributed by atoms with van der Waals surface area (Å²) in [5.74, 6) is 1.67. The lowest BCUT2D eigenvalue weighted by molar-refractivity contribution is 0.165. The molecule has 1 unspecified atom stereocenters. The van der Waals surface area contributed by atoms with Gasteiger partial charge in [0.25, 0.3) is 0 Å². The second-order valence-electron chi connectivity index (χ2n) is 5.55. The van der Waals surface area contributed by atoms with Gasteiger partial charge in [-0.05, 0) is 63.4 Å². The van der Waals surface area contributed by atoms with Crippen LogP contribution in [0, 0.1) is 5.92 Å². The van der Waals surface area contributed by atoms with Crippen molar-refractivity contribution in [2.45, 2.75) is 39.3 Å². The van der Waals surface area contributed by atoms with Crippen LogP contribution in [-0.2, 0) is 6.54 Å². The average Bonchev–Trinajstić information content (AvgIpc) is 2.42. The van der Waals surface area contributed by atoms with Crippen LogP contribution >= 0.6 is 12.4 Å². The van der Waals surface area contributed by atoms with Crippen LogP contribution in [0.3, 0.4) is 0 Å². The SMILES string of the molecule is CCOc1ccc(CN2CCC(C(C)N)CC2)cc1.Cl. The fourth-order valence-electron chi connectivity index (χ4n) is 2.75. The molecule has 1 aromatic carbocycles. The highest BCUT2D eigenvalue weighted by Gasteiger charge is 2.21. The number of nitrogens with zero attached hydrogens (tertiary/aromatic N) is 1. The highest BCUT2D eigenvalue weighted by Crippen LogP contribution is 2.21. The van der Waals surface area contributed by atoms with E-state index in [-0.39, 0.29) is 12.4 Å². The first-order valence-electron chi connectivity index (χ1n) is 7.38. The van der Waals surface area contributed by atoms with E-state index in [4.69, 9.17) is 10.5 Å². The Hall–Kier alpha value is -0.770. The summed E-state index contributed by atoms with van der Waals surface area (Å²) in [7, 11) is 0. The molecule has 114 valence electrons. The van der Waals surface area contributed by atoms with Gasteiger partial charge in [0, 0.05) is 12.6 Å². The van der Waals surface area contributed by atoms with Crippen LogP contribution < -0.4 is 10.5 Å². The van der Waals surface area contributed by atoms with Crippen molar-refractivity contribution < 1.29 is 4.74 Å². The minimum absolute atomic E-state index is 0. The molecule has 1 aromatic rings. The van der Waals surface area contributed by atoms with Crippen molar-refractivity contribution in [3.05, 3.63) is 29.8 Å². The summed E-state index contributed by atoms with van der Waals surface area (Å²) in [4.78, 5) is 2.52. The number of rotatable bonds is 5. The van der Waals surface area contributed by atoms with Crippen molar-refractivity contribution in [2.24, 2.45) is 11.7 Å². The molecule has 2 rings (SSSR count). The Bertz CT molecular complexity index is 373. The molecule has 0 aromatic heterocycles. The minimum atomic E-state index is 0. The molecule has 0 spiro atoms. The largest absolute Gasteiger partial charge is 0.494 e.